The van der Waals surface area contributed by atoms with Crippen LogP contribution in [0.5, 0.6) is 0 Å². The molecular weight excluding hydrogens is 450 g/mol. The van der Waals surface area contributed by atoms with Gasteiger partial charge < -0.3 is 20.2 Å². The van der Waals surface area contributed by atoms with Crippen molar-refractivity contribution in [1.29, 1.82) is 0 Å². The number of carbonyl (C=O) groups excluding carboxylic acids is 1. The summed E-state index contributed by atoms with van der Waals surface area (Å²) in [7, 11) is 0. The van der Waals surface area contributed by atoms with Gasteiger partial charge in [-0.3, -0.25) is 4.79 Å². The molecule has 1 atom stereocenters. The minimum atomic E-state index is -1.57. The van der Waals surface area contributed by atoms with Crippen molar-refractivity contribution in [2.75, 3.05) is 6.54 Å². The Morgan fingerprint density at radius 2 is 1.31 bits per heavy atom. The molecule has 0 unspecified atom stereocenters. The number of hydrogen-bond donors (Lipinski definition) is 3. The highest BCUT2D eigenvalue weighted by Gasteiger charge is 2.35. The van der Waals surface area contributed by atoms with Crippen LogP contribution in [0.15, 0.2) is 36.4 Å². The highest BCUT2D eigenvalue weighted by Crippen LogP contribution is 2.37. The van der Waals surface area contributed by atoms with Crippen LogP contribution >= 0.6 is 0 Å². The zero-order valence-corrected chi connectivity index (χ0v) is 19.4. The molecule has 1 fully saturated rings. The van der Waals surface area contributed by atoms with Crippen LogP contribution in [-0.4, -0.2) is 50.6 Å². The summed E-state index contributed by atoms with van der Waals surface area (Å²) in [6.07, 6.45) is 7.74. The van der Waals surface area contributed by atoms with Gasteiger partial charge in [0.15, 0.2) is 0 Å². The molecule has 184 valence electrons. The van der Waals surface area contributed by atoms with Gasteiger partial charge in [0.05, 0.1) is 28.3 Å². The number of carbonyl (C=O) groups is 4. The third-order valence-electron chi connectivity index (χ3n) is 7.23. The molecule has 2 aliphatic rings. The molecule has 35 heavy (non-hydrogen) atoms. The van der Waals surface area contributed by atoms with E-state index in [1.165, 1.54) is 0 Å². The van der Waals surface area contributed by atoms with E-state index in [0.29, 0.717) is 6.54 Å². The average Bonchev–Trinajstić information content (AvgIpc) is 2.86. The van der Waals surface area contributed by atoms with Crippen molar-refractivity contribution < 1.29 is 34.5 Å². The van der Waals surface area contributed by atoms with Crippen LogP contribution in [0.4, 0.5) is 0 Å². The van der Waals surface area contributed by atoms with Crippen LogP contribution in [0.1, 0.15) is 104 Å². The molecule has 0 heterocycles. The van der Waals surface area contributed by atoms with Gasteiger partial charge in [-0.25, -0.2) is 14.4 Å². The molecule has 0 bridgehead atoms. The third-order valence-corrected chi connectivity index (χ3v) is 7.23. The van der Waals surface area contributed by atoms with E-state index in [-0.39, 0.29) is 17.5 Å². The maximum Gasteiger partial charge on any atom is 0.336 e. The first-order valence-corrected chi connectivity index (χ1v) is 12.0. The van der Waals surface area contributed by atoms with Crippen molar-refractivity contribution in [3.05, 3.63) is 69.8 Å². The first-order valence-electron chi connectivity index (χ1n) is 12.0. The first-order chi connectivity index (χ1) is 16.8. The maximum atomic E-state index is 14.0. The second-order valence-electron chi connectivity index (χ2n) is 9.43. The fourth-order valence-electron chi connectivity index (χ4n) is 5.51. The highest BCUT2D eigenvalue weighted by atomic mass is 16.4. The van der Waals surface area contributed by atoms with Crippen molar-refractivity contribution in [2.24, 2.45) is 5.92 Å². The normalized spacial score (nSPS) is 17.9. The summed E-state index contributed by atoms with van der Waals surface area (Å²) >= 11 is 0. The molecule has 1 amide bonds. The van der Waals surface area contributed by atoms with Gasteiger partial charge in [-0.1, -0.05) is 43.5 Å². The second kappa shape index (κ2) is 10.3. The molecule has 4 rings (SSSR count). The van der Waals surface area contributed by atoms with Crippen LogP contribution in [0.25, 0.3) is 0 Å². The number of fused-ring (bicyclic) bond motifs is 1. The van der Waals surface area contributed by atoms with Gasteiger partial charge in [0.2, 0.25) is 0 Å². The molecule has 3 N–H and O–H groups in total. The fraction of sp³-hybridized carbons (Fsp3) is 0.407. The largest absolute Gasteiger partial charge is 0.478 e. The van der Waals surface area contributed by atoms with Crippen LogP contribution < -0.4 is 0 Å². The van der Waals surface area contributed by atoms with E-state index >= 15 is 0 Å². The Hall–Kier alpha value is -3.68. The summed E-state index contributed by atoms with van der Waals surface area (Å²) in [6.45, 7) is 0.444. The highest BCUT2D eigenvalue weighted by molar-refractivity contribution is 6.10. The Labute approximate surface area is 203 Å². The summed E-state index contributed by atoms with van der Waals surface area (Å²) in [5.74, 6) is -4.88. The molecule has 1 saturated carbocycles. The minimum Gasteiger partial charge on any atom is -0.478 e. The fourth-order valence-corrected chi connectivity index (χ4v) is 5.51. The van der Waals surface area contributed by atoms with E-state index in [4.69, 9.17) is 0 Å². The predicted molar refractivity (Wildman–Crippen MR) is 127 cm³/mol. The van der Waals surface area contributed by atoms with Gasteiger partial charge in [0.1, 0.15) is 0 Å². The Morgan fingerprint density at radius 1 is 0.743 bits per heavy atom. The number of rotatable bonds is 7. The molecule has 2 aromatic carbocycles. The number of benzene rings is 2. The van der Waals surface area contributed by atoms with E-state index in [2.05, 4.69) is 0 Å². The summed E-state index contributed by atoms with van der Waals surface area (Å²) in [5, 5.41) is 28.8. The van der Waals surface area contributed by atoms with Gasteiger partial charge in [-0.15, -0.1) is 0 Å². The van der Waals surface area contributed by atoms with E-state index in [1.807, 2.05) is 24.3 Å². The van der Waals surface area contributed by atoms with Crippen molar-refractivity contribution in [3.8, 4) is 0 Å². The van der Waals surface area contributed by atoms with Gasteiger partial charge in [0, 0.05) is 6.54 Å². The predicted octanol–water partition coefficient (Wildman–Crippen LogP) is 4.88. The molecule has 2 aromatic rings. The lowest BCUT2D eigenvalue weighted by Crippen LogP contribution is -2.41. The molecule has 8 heteroatoms. The van der Waals surface area contributed by atoms with Gasteiger partial charge in [0.25, 0.3) is 5.91 Å². The monoisotopic (exact) mass is 479 g/mol. The number of carboxylic acid groups (broad SMARTS) is 3. The van der Waals surface area contributed by atoms with Gasteiger partial charge in [-0.2, -0.15) is 0 Å². The lowest BCUT2D eigenvalue weighted by atomic mass is 9.84. The lowest BCUT2D eigenvalue weighted by Gasteiger charge is -2.39. The lowest BCUT2D eigenvalue weighted by molar-refractivity contribution is 0.0579. The van der Waals surface area contributed by atoms with Crippen LogP contribution in [0.2, 0.25) is 0 Å². The van der Waals surface area contributed by atoms with Crippen molar-refractivity contribution in [1.82, 2.24) is 4.90 Å². The summed E-state index contributed by atoms with van der Waals surface area (Å²) in [4.78, 5) is 51.2. The molecule has 0 aliphatic heterocycles. The second-order valence-corrected chi connectivity index (χ2v) is 9.43. The zero-order valence-electron chi connectivity index (χ0n) is 19.4. The number of aryl methyl sites for hydroxylation is 1. The van der Waals surface area contributed by atoms with Crippen molar-refractivity contribution in [3.63, 3.8) is 0 Å². The summed E-state index contributed by atoms with van der Waals surface area (Å²) in [5.41, 5.74) is 0.117. The van der Waals surface area contributed by atoms with Gasteiger partial charge in [-0.05, 0) is 61.3 Å². The smallest absolute Gasteiger partial charge is 0.336 e. The molecular formula is C27H29NO7. The van der Waals surface area contributed by atoms with Crippen LogP contribution in [0, 0.1) is 5.92 Å². The standard InChI is InChI=1S/C27H29NO7/c29-24(19-13-21(26(32)33)22(27(34)35)14-20(19)25(30)31)28(15-16-7-2-1-3-8-16)23-12-6-10-17-9-4-5-11-18(17)23/h4-5,9,11,13-14,16,23H,1-3,6-8,10,12,15H2,(H,30,31)(H,32,33)(H,34,35)/t23-/m0/s1. The Morgan fingerprint density at radius 3 is 1.94 bits per heavy atom. The Bertz CT molecular complexity index is 1170. The number of carboxylic acids is 3. The summed E-state index contributed by atoms with van der Waals surface area (Å²) < 4.78 is 0. The first kappa shape index (κ1) is 24.4. The van der Waals surface area contributed by atoms with Crippen LogP contribution in [-0.2, 0) is 6.42 Å². The third kappa shape index (κ3) is 5.06. The number of hydrogen-bond acceptors (Lipinski definition) is 4. The van der Waals surface area contributed by atoms with E-state index in [9.17, 15) is 34.5 Å². The number of aromatic carboxylic acids is 3. The summed E-state index contributed by atoms with van der Waals surface area (Å²) in [6, 6.07) is 9.36. The molecule has 0 aromatic heterocycles. The Kier molecular flexibility index (Phi) is 7.19. The average molecular weight is 480 g/mol. The van der Waals surface area contributed by atoms with E-state index < -0.39 is 40.5 Å². The SMILES string of the molecule is O=C(O)c1cc(C(=O)O)c(C(=O)N(CC2CCCCC2)[C@H]2CCCc3ccccc32)cc1C(=O)O. The molecule has 2 aliphatic carbocycles. The molecule has 0 radical (unpaired) electrons. The Balaban J connectivity index is 1.83. The van der Waals surface area contributed by atoms with Crippen molar-refractivity contribution >= 4 is 23.8 Å². The van der Waals surface area contributed by atoms with Crippen molar-refractivity contribution in [2.45, 2.75) is 57.4 Å². The minimum absolute atomic E-state index is 0.261. The topological polar surface area (TPSA) is 132 Å². The van der Waals surface area contributed by atoms with Crippen LogP contribution in [0.3, 0.4) is 0 Å². The molecule has 0 saturated heterocycles. The molecule has 8 nitrogen and oxygen atoms in total. The van der Waals surface area contributed by atoms with Gasteiger partial charge >= 0.3 is 17.9 Å². The quantitative estimate of drug-likeness (QED) is 0.515. The molecule has 0 spiro atoms. The number of nitrogens with zero attached hydrogens (tertiary/aromatic N) is 1. The number of amides is 1. The van der Waals surface area contributed by atoms with E-state index in [0.717, 1.165) is 74.6 Å². The zero-order chi connectivity index (χ0) is 25.1. The van der Waals surface area contributed by atoms with E-state index in [1.54, 1.807) is 4.90 Å². The maximum absolute atomic E-state index is 14.0.